The van der Waals surface area contributed by atoms with Gasteiger partial charge < -0.3 is 4.74 Å². The molecule has 27 heavy (non-hydrogen) atoms. The highest BCUT2D eigenvalue weighted by atomic mass is 35.5. The summed E-state index contributed by atoms with van der Waals surface area (Å²) in [5, 5.41) is 0.960. The highest BCUT2D eigenvalue weighted by Gasteiger charge is 2.30. The molecule has 0 fully saturated rings. The third-order valence-corrected chi connectivity index (χ3v) is 4.60. The minimum Gasteiger partial charge on any atom is -0.439 e. The first-order valence-corrected chi connectivity index (χ1v) is 9.24. The lowest BCUT2D eigenvalue weighted by Gasteiger charge is -2.09. The number of nitrogens with zero attached hydrogens (tertiary/aromatic N) is 2. The van der Waals surface area contributed by atoms with E-state index >= 15 is 0 Å². The third kappa shape index (κ3) is 5.61. The second-order valence-electron chi connectivity index (χ2n) is 5.68. The maximum atomic E-state index is 12.8. The molecule has 0 spiro atoms. The second kappa shape index (κ2) is 8.19. The molecule has 1 aromatic heterocycles. The normalized spacial score (nSPS) is 11.4. The molecule has 0 aliphatic rings. The van der Waals surface area contributed by atoms with Gasteiger partial charge in [-0.15, -0.1) is 0 Å². The lowest BCUT2D eigenvalue weighted by molar-refractivity contribution is -0.137. The molecule has 1 heterocycles. The van der Waals surface area contributed by atoms with Crippen LogP contribution in [0.5, 0.6) is 11.6 Å². The van der Waals surface area contributed by atoms with Crippen molar-refractivity contribution in [2.75, 3.05) is 0 Å². The van der Waals surface area contributed by atoms with E-state index in [4.69, 9.17) is 16.3 Å². The smallest absolute Gasteiger partial charge is 0.416 e. The molecule has 0 aliphatic heterocycles. The lowest BCUT2D eigenvalue weighted by atomic mass is 10.1. The summed E-state index contributed by atoms with van der Waals surface area (Å²) in [6.45, 7) is 1.79. The van der Waals surface area contributed by atoms with E-state index in [1.165, 1.54) is 17.8 Å². The van der Waals surface area contributed by atoms with Crippen molar-refractivity contribution in [3.63, 3.8) is 0 Å². The van der Waals surface area contributed by atoms with Gasteiger partial charge in [0.15, 0.2) is 5.16 Å². The molecule has 0 saturated heterocycles. The second-order valence-corrected chi connectivity index (χ2v) is 7.06. The monoisotopic (exact) mass is 410 g/mol. The topological polar surface area (TPSA) is 35.0 Å². The lowest BCUT2D eigenvalue weighted by Crippen LogP contribution is -2.05. The predicted octanol–water partition coefficient (Wildman–Crippen LogP) is 6.54. The maximum absolute atomic E-state index is 12.8. The molecule has 0 atom stereocenters. The highest BCUT2D eigenvalue weighted by Crippen LogP contribution is 2.31. The molecule has 0 amide bonds. The van der Waals surface area contributed by atoms with Crippen LogP contribution in [0.2, 0.25) is 5.02 Å². The van der Waals surface area contributed by atoms with Crippen LogP contribution in [0, 0.1) is 6.92 Å². The molecule has 3 aromatic rings. The summed E-state index contributed by atoms with van der Waals surface area (Å²) in [5.41, 5.74) is 0.557. The number of hydrogen-bond acceptors (Lipinski definition) is 4. The Balaban J connectivity index is 1.73. The van der Waals surface area contributed by atoms with Crippen LogP contribution < -0.4 is 4.74 Å². The Bertz CT molecular complexity index is 950. The number of alkyl halides is 3. The van der Waals surface area contributed by atoms with Crippen molar-refractivity contribution < 1.29 is 17.9 Å². The molecule has 8 heteroatoms. The molecule has 0 N–H and O–H groups in total. The minimum atomic E-state index is -4.36. The van der Waals surface area contributed by atoms with Crippen molar-refractivity contribution in [3.05, 3.63) is 76.4 Å². The molecular formula is C19H14ClF3N2OS. The zero-order valence-corrected chi connectivity index (χ0v) is 15.7. The number of halogens is 4. The number of ether oxygens (including phenoxy) is 1. The average molecular weight is 411 g/mol. The molecule has 2 aromatic carbocycles. The summed E-state index contributed by atoms with van der Waals surface area (Å²) >= 11 is 7.18. The van der Waals surface area contributed by atoms with Crippen LogP contribution in [-0.2, 0) is 11.9 Å². The van der Waals surface area contributed by atoms with Crippen molar-refractivity contribution in [1.29, 1.82) is 0 Å². The fourth-order valence-corrected chi connectivity index (χ4v) is 3.29. The van der Waals surface area contributed by atoms with Crippen molar-refractivity contribution >= 4 is 23.4 Å². The van der Waals surface area contributed by atoms with Gasteiger partial charge in [-0.05, 0) is 36.8 Å². The number of benzene rings is 2. The molecular weight excluding hydrogens is 397 g/mol. The zero-order chi connectivity index (χ0) is 19.4. The van der Waals surface area contributed by atoms with Crippen LogP contribution >= 0.6 is 23.4 Å². The van der Waals surface area contributed by atoms with Crippen LogP contribution in [0.15, 0.2) is 59.8 Å². The Labute approximate surface area is 163 Å². The largest absolute Gasteiger partial charge is 0.439 e. The van der Waals surface area contributed by atoms with Gasteiger partial charge in [0.05, 0.1) is 5.56 Å². The molecule has 0 unspecified atom stereocenters. The first kappa shape index (κ1) is 19.5. The highest BCUT2D eigenvalue weighted by molar-refractivity contribution is 7.98. The van der Waals surface area contributed by atoms with Gasteiger partial charge in [0.1, 0.15) is 5.75 Å². The molecule has 3 rings (SSSR count). The van der Waals surface area contributed by atoms with E-state index < -0.39 is 11.7 Å². The van der Waals surface area contributed by atoms with Gasteiger partial charge in [0.25, 0.3) is 0 Å². The average Bonchev–Trinajstić information content (AvgIpc) is 2.59. The molecule has 0 bridgehead atoms. The van der Waals surface area contributed by atoms with Crippen LogP contribution in [0.25, 0.3) is 0 Å². The quantitative estimate of drug-likeness (QED) is 0.353. The number of hydrogen-bond donors (Lipinski definition) is 0. The molecule has 0 aliphatic carbocycles. The van der Waals surface area contributed by atoms with Gasteiger partial charge in [-0.1, -0.05) is 47.6 Å². The van der Waals surface area contributed by atoms with Gasteiger partial charge in [-0.2, -0.15) is 18.2 Å². The first-order chi connectivity index (χ1) is 12.8. The Morgan fingerprint density at radius 3 is 2.56 bits per heavy atom. The summed E-state index contributed by atoms with van der Waals surface area (Å²) in [6.07, 6.45) is -4.36. The van der Waals surface area contributed by atoms with Crippen molar-refractivity contribution in [2.24, 2.45) is 0 Å². The summed E-state index contributed by atoms with van der Waals surface area (Å²) < 4.78 is 44.1. The summed E-state index contributed by atoms with van der Waals surface area (Å²) in [5.74, 6) is 1.19. The van der Waals surface area contributed by atoms with Crippen molar-refractivity contribution in [3.8, 4) is 11.6 Å². The van der Waals surface area contributed by atoms with E-state index in [2.05, 4.69) is 9.97 Å². The van der Waals surface area contributed by atoms with Crippen LogP contribution in [0.4, 0.5) is 13.2 Å². The Morgan fingerprint density at radius 2 is 1.81 bits per heavy atom. The predicted molar refractivity (Wildman–Crippen MR) is 99.3 cm³/mol. The minimum absolute atomic E-state index is 0.310. The van der Waals surface area contributed by atoms with E-state index in [-0.39, 0.29) is 0 Å². The summed E-state index contributed by atoms with van der Waals surface area (Å²) in [4.78, 5) is 8.61. The third-order valence-electron chi connectivity index (χ3n) is 3.45. The zero-order valence-electron chi connectivity index (χ0n) is 14.1. The maximum Gasteiger partial charge on any atom is 0.416 e. The standard InChI is InChI=1S/C19H14ClF3N2OS/c1-12-8-17(26-16-7-3-6-15(20)10-16)25-18(24-12)27-11-13-4-2-5-14(9-13)19(21,22)23/h2-10H,11H2,1H3. The Hall–Kier alpha value is -2.25. The van der Waals surface area contributed by atoms with Gasteiger partial charge in [-0.25, -0.2) is 4.98 Å². The van der Waals surface area contributed by atoms with Crippen molar-refractivity contribution in [1.82, 2.24) is 9.97 Å². The number of rotatable bonds is 5. The van der Waals surface area contributed by atoms with Crippen molar-refractivity contribution in [2.45, 2.75) is 24.0 Å². The fraction of sp³-hybridized carbons (Fsp3) is 0.158. The van der Waals surface area contributed by atoms with E-state index in [9.17, 15) is 13.2 Å². The Morgan fingerprint density at radius 1 is 1.04 bits per heavy atom. The molecule has 140 valence electrons. The van der Waals surface area contributed by atoms with Crippen LogP contribution in [0.1, 0.15) is 16.8 Å². The molecule has 0 radical (unpaired) electrons. The van der Waals surface area contributed by atoms with E-state index in [0.29, 0.717) is 38.8 Å². The number of aryl methyl sites for hydroxylation is 1. The number of thioether (sulfide) groups is 1. The first-order valence-electron chi connectivity index (χ1n) is 7.88. The van der Waals surface area contributed by atoms with Gasteiger partial charge in [0.2, 0.25) is 5.88 Å². The van der Waals surface area contributed by atoms with Crippen LogP contribution in [-0.4, -0.2) is 9.97 Å². The SMILES string of the molecule is Cc1cc(Oc2cccc(Cl)c2)nc(SCc2cccc(C(F)(F)F)c2)n1. The van der Waals surface area contributed by atoms with Gasteiger partial charge in [-0.3, -0.25) is 0 Å². The Kier molecular flexibility index (Phi) is 5.92. The fourth-order valence-electron chi connectivity index (χ4n) is 2.27. The molecule has 3 nitrogen and oxygen atoms in total. The van der Waals surface area contributed by atoms with Crippen LogP contribution in [0.3, 0.4) is 0 Å². The van der Waals surface area contributed by atoms with Gasteiger partial charge >= 0.3 is 6.18 Å². The van der Waals surface area contributed by atoms with Gasteiger partial charge in [0, 0.05) is 22.5 Å². The molecule has 0 saturated carbocycles. The number of aromatic nitrogens is 2. The van der Waals surface area contributed by atoms with E-state index in [1.807, 2.05) is 0 Å². The summed E-state index contributed by atoms with van der Waals surface area (Å²) in [6, 6.07) is 13.8. The summed E-state index contributed by atoms with van der Waals surface area (Å²) in [7, 11) is 0. The van der Waals surface area contributed by atoms with E-state index in [0.717, 1.165) is 12.1 Å². The van der Waals surface area contributed by atoms with E-state index in [1.54, 1.807) is 43.3 Å².